The van der Waals surface area contributed by atoms with Crippen LogP contribution in [-0.4, -0.2) is 42.1 Å². The molecule has 1 aromatic carbocycles. The lowest BCUT2D eigenvalue weighted by molar-refractivity contribution is 0.0572. The standard InChI is InChI=1S/C13H19BrN2O2/c1-2-15-6-9-5-10(14)3-4-11(9)16-7-12(17)13(18)8-16/h3-5,12-13,15,17-18H,2,6-8H2,1H3. The van der Waals surface area contributed by atoms with Gasteiger partial charge in [0, 0.05) is 29.8 Å². The molecule has 2 rings (SSSR count). The van der Waals surface area contributed by atoms with Crippen molar-refractivity contribution in [1.29, 1.82) is 0 Å². The van der Waals surface area contributed by atoms with Gasteiger partial charge in [-0.05, 0) is 30.3 Å². The van der Waals surface area contributed by atoms with Crippen LogP contribution in [0.25, 0.3) is 0 Å². The Labute approximate surface area is 116 Å². The number of β-amino-alcohol motifs (C(OH)–C–C–N with tert-alkyl or cyclic N) is 2. The lowest BCUT2D eigenvalue weighted by atomic mass is 10.1. The lowest BCUT2D eigenvalue weighted by Crippen LogP contribution is -2.24. The van der Waals surface area contributed by atoms with Crippen LogP contribution >= 0.6 is 15.9 Å². The molecule has 0 saturated carbocycles. The summed E-state index contributed by atoms with van der Waals surface area (Å²) in [7, 11) is 0. The number of hydrogen-bond donors (Lipinski definition) is 3. The number of hydrogen-bond acceptors (Lipinski definition) is 4. The molecule has 1 aliphatic heterocycles. The van der Waals surface area contributed by atoms with Crippen molar-refractivity contribution in [1.82, 2.24) is 5.32 Å². The summed E-state index contributed by atoms with van der Waals surface area (Å²) in [5, 5.41) is 22.6. The molecule has 1 saturated heterocycles. The molecule has 0 amide bonds. The number of nitrogens with one attached hydrogen (secondary N) is 1. The van der Waals surface area contributed by atoms with Gasteiger partial charge in [-0.3, -0.25) is 0 Å². The zero-order valence-corrected chi connectivity index (χ0v) is 12.0. The van der Waals surface area contributed by atoms with E-state index in [4.69, 9.17) is 0 Å². The molecule has 3 N–H and O–H groups in total. The van der Waals surface area contributed by atoms with E-state index < -0.39 is 12.2 Å². The van der Waals surface area contributed by atoms with Gasteiger partial charge in [-0.2, -0.15) is 0 Å². The third kappa shape index (κ3) is 3.03. The monoisotopic (exact) mass is 314 g/mol. The van der Waals surface area contributed by atoms with E-state index >= 15 is 0 Å². The van der Waals surface area contributed by atoms with Gasteiger partial charge in [0.05, 0.1) is 12.2 Å². The van der Waals surface area contributed by atoms with Gasteiger partial charge >= 0.3 is 0 Å². The Hall–Kier alpha value is -0.620. The van der Waals surface area contributed by atoms with Crippen molar-refractivity contribution >= 4 is 21.6 Å². The fraction of sp³-hybridized carbons (Fsp3) is 0.538. The summed E-state index contributed by atoms with van der Waals surface area (Å²) in [4.78, 5) is 2.04. The molecule has 4 nitrogen and oxygen atoms in total. The largest absolute Gasteiger partial charge is 0.389 e. The van der Waals surface area contributed by atoms with E-state index in [1.54, 1.807) is 0 Å². The van der Waals surface area contributed by atoms with Gasteiger partial charge < -0.3 is 20.4 Å². The fourth-order valence-corrected chi connectivity index (χ4v) is 2.64. The smallest absolute Gasteiger partial charge is 0.0990 e. The molecule has 1 heterocycles. The van der Waals surface area contributed by atoms with Crippen LogP contribution in [0.5, 0.6) is 0 Å². The highest BCUT2D eigenvalue weighted by atomic mass is 79.9. The minimum absolute atomic E-state index is 0.488. The summed E-state index contributed by atoms with van der Waals surface area (Å²) in [5.41, 5.74) is 2.25. The van der Waals surface area contributed by atoms with Crippen LogP contribution in [-0.2, 0) is 6.54 Å². The number of halogens is 1. The molecule has 0 radical (unpaired) electrons. The SMILES string of the molecule is CCNCc1cc(Br)ccc1N1CC(O)C(O)C1. The van der Waals surface area contributed by atoms with E-state index in [9.17, 15) is 10.2 Å². The van der Waals surface area contributed by atoms with Crippen molar-refractivity contribution in [3.05, 3.63) is 28.2 Å². The van der Waals surface area contributed by atoms with Crippen molar-refractivity contribution < 1.29 is 10.2 Å². The first-order valence-corrected chi connectivity index (χ1v) is 7.01. The Morgan fingerprint density at radius 2 is 2.00 bits per heavy atom. The molecule has 1 aromatic rings. The van der Waals surface area contributed by atoms with Crippen LogP contribution in [0.1, 0.15) is 12.5 Å². The molecular formula is C13H19BrN2O2. The quantitative estimate of drug-likeness (QED) is 0.779. The molecule has 100 valence electrons. The number of rotatable bonds is 4. The van der Waals surface area contributed by atoms with Crippen LogP contribution in [0, 0.1) is 0 Å². The maximum atomic E-state index is 9.63. The highest BCUT2D eigenvalue weighted by Gasteiger charge is 2.30. The summed E-state index contributed by atoms with van der Waals surface area (Å²) in [6.07, 6.45) is -1.30. The van der Waals surface area contributed by atoms with Gasteiger partial charge in [0.1, 0.15) is 0 Å². The third-order valence-corrected chi connectivity index (χ3v) is 3.70. The summed E-state index contributed by atoms with van der Waals surface area (Å²) in [5.74, 6) is 0. The Morgan fingerprint density at radius 1 is 1.33 bits per heavy atom. The van der Waals surface area contributed by atoms with Crippen LogP contribution in [0.15, 0.2) is 22.7 Å². The Kier molecular flexibility index (Phi) is 4.61. The van der Waals surface area contributed by atoms with Crippen molar-refractivity contribution in [3.63, 3.8) is 0 Å². The van der Waals surface area contributed by atoms with Gasteiger partial charge in [-0.15, -0.1) is 0 Å². The molecule has 0 spiro atoms. The third-order valence-electron chi connectivity index (χ3n) is 3.21. The predicted molar refractivity (Wildman–Crippen MR) is 75.7 cm³/mol. The van der Waals surface area contributed by atoms with Gasteiger partial charge in [-0.1, -0.05) is 22.9 Å². The summed E-state index contributed by atoms with van der Waals surface area (Å²) >= 11 is 3.48. The average molecular weight is 315 g/mol. The molecule has 2 unspecified atom stereocenters. The van der Waals surface area contributed by atoms with Gasteiger partial charge in [0.15, 0.2) is 0 Å². The van der Waals surface area contributed by atoms with Gasteiger partial charge in [0.25, 0.3) is 0 Å². The van der Waals surface area contributed by atoms with Crippen LogP contribution < -0.4 is 10.2 Å². The summed E-state index contributed by atoms with van der Waals surface area (Å²) in [6, 6.07) is 6.10. The highest BCUT2D eigenvalue weighted by molar-refractivity contribution is 9.10. The molecule has 5 heteroatoms. The van der Waals surface area contributed by atoms with E-state index in [0.717, 1.165) is 23.2 Å². The second kappa shape index (κ2) is 6.02. The molecule has 18 heavy (non-hydrogen) atoms. The molecule has 1 fully saturated rings. The molecule has 1 aliphatic rings. The average Bonchev–Trinajstić information content (AvgIpc) is 2.67. The molecule has 0 aromatic heterocycles. The second-order valence-electron chi connectivity index (χ2n) is 4.59. The van der Waals surface area contributed by atoms with Crippen LogP contribution in [0.4, 0.5) is 5.69 Å². The van der Waals surface area contributed by atoms with Crippen molar-refractivity contribution in [2.75, 3.05) is 24.5 Å². The van der Waals surface area contributed by atoms with Crippen molar-refractivity contribution in [2.45, 2.75) is 25.7 Å². The number of aliphatic hydroxyl groups excluding tert-OH is 2. The van der Waals surface area contributed by atoms with Gasteiger partial charge in [-0.25, -0.2) is 0 Å². The van der Waals surface area contributed by atoms with E-state index in [1.807, 2.05) is 17.0 Å². The van der Waals surface area contributed by atoms with E-state index in [2.05, 4.69) is 34.2 Å². The van der Waals surface area contributed by atoms with Gasteiger partial charge in [0.2, 0.25) is 0 Å². The maximum absolute atomic E-state index is 9.63. The summed E-state index contributed by atoms with van der Waals surface area (Å²) < 4.78 is 1.04. The highest BCUT2D eigenvalue weighted by Crippen LogP contribution is 2.27. The Morgan fingerprint density at radius 3 is 2.61 bits per heavy atom. The fourth-order valence-electron chi connectivity index (χ4n) is 2.23. The van der Waals surface area contributed by atoms with Crippen molar-refractivity contribution in [3.8, 4) is 0 Å². The first-order chi connectivity index (χ1) is 8.61. The second-order valence-corrected chi connectivity index (χ2v) is 5.51. The van der Waals surface area contributed by atoms with E-state index in [0.29, 0.717) is 13.1 Å². The Bertz CT molecular complexity index is 404. The predicted octanol–water partition coefficient (Wildman–Crippen LogP) is 1.10. The topological polar surface area (TPSA) is 55.7 Å². The molecule has 2 atom stereocenters. The number of benzene rings is 1. The van der Waals surface area contributed by atoms with E-state index in [1.165, 1.54) is 5.56 Å². The van der Waals surface area contributed by atoms with Crippen LogP contribution in [0.2, 0.25) is 0 Å². The molecule has 0 aliphatic carbocycles. The first-order valence-electron chi connectivity index (χ1n) is 6.22. The zero-order valence-electron chi connectivity index (χ0n) is 10.4. The van der Waals surface area contributed by atoms with E-state index in [-0.39, 0.29) is 0 Å². The molecule has 0 bridgehead atoms. The maximum Gasteiger partial charge on any atom is 0.0990 e. The number of aliphatic hydroxyl groups is 2. The molecular weight excluding hydrogens is 296 g/mol. The lowest BCUT2D eigenvalue weighted by Gasteiger charge is -2.22. The number of nitrogens with zero attached hydrogens (tertiary/aromatic N) is 1. The first kappa shape index (κ1) is 13.8. The van der Waals surface area contributed by atoms with Crippen molar-refractivity contribution in [2.24, 2.45) is 0 Å². The minimum Gasteiger partial charge on any atom is -0.389 e. The Balaban J connectivity index is 2.21. The minimum atomic E-state index is -0.652. The number of anilines is 1. The van der Waals surface area contributed by atoms with Crippen LogP contribution in [0.3, 0.4) is 0 Å². The summed E-state index contributed by atoms with van der Waals surface area (Å²) in [6.45, 7) is 4.75. The zero-order chi connectivity index (χ0) is 13.1. The normalized spacial score (nSPS) is 23.7.